The lowest BCUT2D eigenvalue weighted by Crippen LogP contribution is -2.11. The Labute approximate surface area is 180 Å². The van der Waals surface area contributed by atoms with Gasteiger partial charge in [0, 0.05) is 12.2 Å². The van der Waals surface area contributed by atoms with Crippen LogP contribution in [0.4, 0.5) is 4.39 Å². The van der Waals surface area contributed by atoms with Gasteiger partial charge in [-0.3, -0.25) is 0 Å². The van der Waals surface area contributed by atoms with Crippen LogP contribution >= 0.6 is 0 Å². The van der Waals surface area contributed by atoms with Crippen LogP contribution in [0.25, 0.3) is 11.1 Å². The van der Waals surface area contributed by atoms with E-state index in [1.54, 1.807) is 12.1 Å². The third-order valence-electron chi connectivity index (χ3n) is 4.19. The number of hydrogen-bond donors (Lipinski definition) is 0. The summed E-state index contributed by atoms with van der Waals surface area (Å²) in [6.45, 7) is 8.89. The quantitative estimate of drug-likeness (QED) is 0.286. The first-order chi connectivity index (χ1) is 15.0. The van der Waals surface area contributed by atoms with E-state index in [2.05, 4.69) is 13.2 Å². The van der Waals surface area contributed by atoms with Crippen molar-refractivity contribution in [1.29, 1.82) is 0 Å². The highest BCUT2D eigenvalue weighted by Crippen LogP contribution is 2.31. The number of carbonyl (C=O) groups is 2. The fourth-order valence-corrected chi connectivity index (χ4v) is 2.69. The molecular formula is C24H25FO6. The van der Waals surface area contributed by atoms with Crippen molar-refractivity contribution < 1.29 is 32.9 Å². The molecule has 31 heavy (non-hydrogen) atoms. The Bertz CT molecular complexity index is 920. The molecule has 0 aliphatic heterocycles. The molecule has 0 radical (unpaired) electrons. The lowest BCUT2D eigenvalue weighted by molar-refractivity contribution is -0.139. The molecule has 0 aliphatic rings. The molecule has 0 saturated heterocycles. The fourth-order valence-electron chi connectivity index (χ4n) is 2.69. The van der Waals surface area contributed by atoms with Crippen molar-refractivity contribution in [3.63, 3.8) is 0 Å². The number of benzene rings is 2. The van der Waals surface area contributed by atoms with E-state index < -0.39 is 17.8 Å². The van der Waals surface area contributed by atoms with Gasteiger partial charge in [0.25, 0.3) is 0 Å². The molecule has 0 aromatic heterocycles. The van der Waals surface area contributed by atoms with Gasteiger partial charge in [-0.25, -0.2) is 14.0 Å². The Balaban J connectivity index is 2.01. The third kappa shape index (κ3) is 7.29. The van der Waals surface area contributed by atoms with Crippen molar-refractivity contribution in [2.24, 2.45) is 0 Å². The summed E-state index contributed by atoms with van der Waals surface area (Å²) in [6, 6.07) is 10.4. The van der Waals surface area contributed by atoms with E-state index >= 15 is 0 Å². The summed E-state index contributed by atoms with van der Waals surface area (Å²) in [5.41, 5.74) is 2.21. The van der Waals surface area contributed by atoms with E-state index in [1.165, 1.54) is 6.07 Å². The number of ether oxygens (including phenoxy) is 4. The Morgan fingerprint density at radius 1 is 0.871 bits per heavy atom. The molecule has 0 unspecified atom stereocenters. The van der Waals surface area contributed by atoms with Gasteiger partial charge in [-0.2, -0.15) is 0 Å². The van der Waals surface area contributed by atoms with Crippen LogP contribution in [0.2, 0.25) is 0 Å². The molecule has 0 N–H and O–H groups in total. The van der Waals surface area contributed by atoms with Gasteiger partial charge in [0.05, 0.1) is 0 Å². The summed E-state index contributed by atoms with van der Waals surface area (Å²) < 4.78 is 35.4. The van der Waals surface area contributed by atoms with Gasteiger partial charge < -0.3 is 18.9 Å². The normalized spacial score (nSPS) is 10.1. The van der Waals surface area contributed by atoms with Crippen LogP contribution in [0, 0.1) is 5.82 Å². The zero-order valence-electron chi connectivity index (χ0n) is 17.4. The smallest absolute Gasteiger partial charge is 0.330 e. The minimum atomic E-state index is -0.555. The second-order valence-corrected chi connectivity index (χ2v) is 6.26. The summed E-state index contributed by atoms with van der Waals surface area (Å²) in [7, 11) is 0. The van der Waals surface area contributed by atoms with Gasteiger partial charge in [0.1, 0.15) is 32.2 Å². The number of esters is 2. The fraction of sp³-hybridized carbons (Fsp3) is 0.250. The zero-order valence-corrected chi connectivity index (χ0v) is 17.4. The van der Waals surface area contributed by atoms with Gasteiger partial charge in [-0.05, 0) is 47.4 Å². The summed E-state index contributed by atoms with van der Waals surface area (Å²) in [6.07, 6.45) is 2.71. The maximum absolute atomic E-state index is 14.7. The average Bonchev–Trinajstić information content (AvgIpc) is 2.79. The van der Waals surface area contributed by atoms with Gasteiger partial charge in [-0.15, -0.1) is 0 Å². The molecule has 2 rings (SSSR count). The van der Waals surface area contributed by atoms with Crippen LogP contribution in [-0.2, 0) is 25.5 Å². The highest BCUT2D eigenvalue weighted by atomic mass is 19.1. The molecule has 6 nitrogen and oxygen atoms in total. The highest BCUT2D eigenvalue weighted by Gasteiger charge is 2.13. The van der Waals surface area contributed by atoms with Gasteiger partial charge in [0.2, 0.25) is 0 Å². The first-order valence-corrected chi connectivity index (χ1v) is 9.75. The van der Waals surface area contributed by atoms with Crippen molar-refractivity contribution in [3.05, 3.63) is 73.1 Å². The molecule has 0 fully saturated rings. The highest BCUT2D eigenvalue weighted by molar-refractivity contribution is 5.81. The molecule has 2 aromatic rings. The SMILES string of the molecule is C=CC(=O)OCCOc1ccc(-c2cc(F)c(OCCOC(=O)C=C)c(CC)c2)cc1. The van der Waals surface area contributed by atoms with Crippen molar-refractivity contribution in [3.8, 4) is 22.6 Å². The van der Waals surface area contributed by atoms with E-state index in [0.717, 1.165) is 17.7 Å². The minimum Gasteiger partial charge on any atom is -0.490 e. The maximum Gasteiger partial charge on any atom is 0.330 e. The molecule has 0 heterocycles. The minimum absolute atomic E-state index is 0.00342. The van der Waals surface area contributed by atoms with Crippen LogP contribution in [0.1, 0.15) is 12.5 Å². The Kier molecular flexibility index (Phi) is 9.29. The van der Waals surface area contributed by atoms with E-state index in [0.29, 0.717) is 23.3 Å². The molecule has 0 amide bonds. The first kappa shape index (κ1) is 23.7. The van der Waals surface area contributed by atoms with Crippen molar-refractivity contribution in [2.75, 3.05) is 26.4 Å². The average molecular weight is 428 g/mol. The third-order valence-corrected chi connectivity index (χ3v) is 4.19. The topological polar surface area (TPSA) is 71.1 Å². The monoisotopic (exact) mass is 428 g/mol. The number of aryl methyl sites for hydroxylation is 1. The standard InChI is InChI=1S/C24H25FO6/c1-4-17-15-19(16-21(25)24(17)31-14-13-30-23(27)6-3)18-7-9-20(10-8-18)28-11-12-29-22(26)5-2/h5-10,15-16H,2-4,11-14H2,1H3. The predicted octanol–water partition coefficient (Wildman–Crippen LogP) is 4.27. The van der Waals surface area contributed by atoms with Gasteiger partial charge in [-0.1, -0.05) is 32.2 Å². The summed E-state index contributed by atoms with van der Waals surface area (Å²) >= 11 is 0. The van der Waals surface area contributed by atoms with Crippen LogP contribution in [-0.4, -0.2) is 38.4 Å². The Morgan fingerprint density at radius 2 is 1.45 bits per heavy atom. The number of halogens is 1. The van der Waals surface area contributed by atoms with E-state index in [9.17, 15) is 14.0 Å². The summed E-state index contributed by atoms with van der Waals surface area (Å²) in [4.78, 5) is 22.0. The van der Waals surface area contributed by atoms with Crippen molar-refractivity contribution >= 4 is 11.9 Å². The molecule has 0 atom stereocenters. The second kappa shape index (κ2) is 12.2. The molecule has 0 bridgehead atoms. The predicted molar refractivity (Wildman–Crippen MR) is 115 cm³/mol. The summed E-state index contributed by atoms with van der Waals surface area (Å²) in [5.74, 6) is -0.800. The van der Waals surface area contributed by atoms with Gasteiger partial charge >= 0.3 is 11.9 Å². The first-order valence-electron chi connectivity index (χ1n) is 9.75. The van der Waals surface area contributed by atoms with Crippen LogP contribution in [0.5, 0.6) is 11.5 Å². The van der Waals surface area contributed by atoms with E-state index in [1.807, 2.05) is 25.1 Å². The zero-order chi connectivity index (χ0) is 22.6. The molecule has 7 heteroatoms. The molecule has 164 valence electrons. The second-order valence-electron chi connectivity index (χ2n) is 6.26. The van der Waals surface area contributed by atoms with Crippen LogP contribution in [0.15, 0.2) is 61.7 Å². The molecular weight excluding hydrogens is 403 g/mol. The van der Waals surface area contributed by atoms with Crippen molar-refractivity contribution in [2.45, 2.75) is 13.3 Å². The van der Waals surface area contributed by atoms with E-state index in [4.69, 9.17) is 18.9 Å². The lowest BCUT2D eigenvalue weighted by atomic mass is 10.0. The lowest BCUT2D eigenvalue weighted by Gasteiger charge is -2.14. The molecule has 0 saturated carbocycles. The van der Waals surface area contributed by atoms with Crippen molar-refractivity contribution in [1.82, 2.24) is 0 Å². The maximum atomic E-state index is 14.7. The Morgan fingerprint density at radius 3 is 2.00 bits per heavy atom. The van der Waals surface area contributed by atoms with Crippen LogP contribution in [0.3, 0.4) is 0 Å². The molecule has 0 spiro atoms. The Hall–Kier alpha value is -3.61. The number of carbonyl (C=O) groups excluding carboxylic acids is 2. The van der Waals surface area contributed by atoms with Crippen LogP contribution < -0.4 is 9.47 Å². The molecule has 0 aliphatic carbocycles. The number of hydrogen-bond acceptors (Lipinski definition) is 6. The van der Waals surface area contributed by atoms with Gasteiger partial charge in [0.15, 0.2) is 11.6 Å². The number of rotatable bonds is 12. The molecule has 2 aromatic carbocycles. The van der Waals surface area contributed by atoms with E-state index in [-0.39, 0.29) is 32.2 Å². The largest absolute Gasteiger partial charge is 0.490 e. The summed E-state index contributed by atoms with van der Waals surface area (Å²) in [5, 5.41) is 0.